The molecule has 1 fully saturated rings. The number of carbonyl (C=O) groups is 1. The Morgan fingerprint density at radius 1 is 1.03 bits per heavy atom. The van der Waals surface area contributed by atoms with Crippen LogP contribution in [0.15, 0.2) is 73.1 Å². The molecule has 0 bridgehead atoms. The minimum absolute atomic E-state index is 0.0597. The van der Waals surface area contributed by atoms with Gasteiger partial charge in [-0.1, -0.05) is 24.3 Å². The third-order valence-electron chi connectivity index (χ3n) is 5.89. The van der Waals surface area contributed by atoms with Crippen LogP contribution in [0.3, 0.4) is 0 Å². The molecule has 0 saturated carbocycles. The van der Waals surface area contributed by atoms with E-state index >= 15 is 0 Å². The SMILES string of the molecule is COc1cccc([C@@H](CCN2CCCC2)NC(=O)c2ccc(-c3ccncc3)cc2)c1. The van der Waals surface area contributed by atoms with Crippen LogP contribution in [0, 0.1) is 0 Å². The predicted molar refractivity (Wildman–Crippen MR) is 123 cm³/mol. The fourth-order valence-corrected chi connectivity index (χ4v) is 4.10. The van der Waals surface area contributed by atoms with Crippen molar-refractivity contribution in [2.24, 2.45) is 0 Å². The Morgan fingerprint density at radius 2 is 1.74 bits per heavy atom. The minimum Gasteiger partial charge on any atom is -0.497 e. The molecule has 1 aliphatic rings. The zero-order valence-electron chi connectivity index (χ0n) is 18.0. The van der Waals surface area contributed by atoms with Gasteiger partial charge in [0.15, 0.2) is 0 Å². The molecule has 1 aliphatic heterocycles. The van der Waals surface area contributed by atoms with Crippen molar-refractivity contribution in [3.8, 4) is 16.9 Å². The monoisotopic (exact) mass is 415 g/mol. The van der Waals surface area contributed by atoms with Crippen molar-refractivity contribution >= 4 is 5.91 Å². The van der Waals surface area contributed by atoms with Crippen LogP contribution in [-0.4, -0.2) is 42.5 Å². The predicted octanol–water partition coefficient (Wildman–Crippen LogP) is 4.71. The van der Waals surface area contributed by atoms with Gasteiger partial charge >= 0.3 is 0 Å². The normalized spacial score (nSPS) is 14.9. The molecule has 3 aromatic rings. The standard InChI is InChI=1S/C26H29N3O2/c1-31-24-6-4-5-23(19-24)25(13-18-29-16-2-3-17-29)28-26(30)22-9-7-20(8-10-22)21-11-14-27-15-12-21/h4-12,14-15,19,25H,2-3,13,16-18H2,1H3,(H,28,30)/t25-/m1/s1. The summed E-state index contributed by atoms with van der Waals surface area (Å²) in [5.41, 5.74) is 3.88. The Labute approximate surface area is 184 Å². The molecular formula is C26H29N3O2. The molecular weight excluding hydrogens is 386 g/mol. The Balaban J connectivity index is 1.48. The highest BCUT2D eigenvalue weighted by atomic mass is 16.5. The molecule has 2 aromatic carbocycles. The molecule has 1 N–H and O–H groups in total. The minimum atomic E-state index is -0.0666. The van der Waals surface area contributed by atoms with Crippen LogP contribution in [0.1, 0.15) is 41.2 Å². The number of benzene rings is 2. The smallest absolute Gasteiger partial charge is 0.251 e. The van der Waals surface area contributed by atoms with Crippen LogP contribution < -0.4 is 10.1 Å². The average molecular weight is 416 g/mol. The van der Waals surface area contributed by atoms with Crippen molar-refractivity contribution in [1.29, 1.82) is 0 Å². The average Bonchev–Trinajstić information content (AvgIpc) is 3.36. The van der Waals surface area contributed by atoms with E-state index in [9.17, 15) is 4.79 Å². The number of methoxy groups -OCH3 is 1. The van der Waals surface area contributed by atoms with Crippen molar-refractivity contribution in [2.45, 2.75) is 25.3 Å². The highest BCUT2D eigenvalue weighted by molar-refractivity contribution is 5.95. The van der Waals surface area contributed by atoms with E-state index in [2.05, 4.69) is 21.3 Å². The fraction of sp³-hybridized carbons (Fsp3) is 0.308. The van der Waals surface area contributed by atoms with Crippen molar-refractivity contribution in [2.75, 3.05) is 26.7 Å². The van der Waals surface area contributed by atoms with Gasteiger partial charge in [0.25, 0.3) is 5.91 Å². The van der Waals surface area contributed by atoms with Crippen molar-refractivity contribution in [3.05, 3.63) is 84.2 Å². The van der Waals surface area contributed by atoms with Gasteiger partial charge in [0.1, 0.15) is 5.75 Å². The van der Waals surface area contributed by atoms with E-state index in [1.807, 2.05) is 54.6 Å². The van der Waals surface area contributed by atoms with E-state index in [1.165, 1.54) is 12.8 Å². The van der Waals surface area contributed by atoms with Crippen molar-refractivity contribution < 1.29 is 9.53 Å². The molecule has 1 atom stereocenters. The second-order valence-corrected chi connectivity index (χ2v) is 7.95. The molecule has 4 rings (SSSR count). The summed E-state index contributed by atoms with van der Waals surface area (Å²) in [5.74, 6) is 0.746. The largest absolute Gasteiger partial charge is 0.497 e. The van der Waals surface area contributed by atoms with E-state index in [4.69, 9.17) is 4.74 Å². The summed E-state index contributed by atoms with van der Waals surface area (Å²) >= 11 is 0. The summed E-state index contributed by atoms with van der Waals surface area (Å²) in [4.78, 5) is 19.6. The lowest BCUT2D eigenvalue weighted by Crippen LogP contribution is -2.32. The Bertz CT molecular complexity index is 983. The molecule has 2 heterocycles. The zero-order chi connectivity index (χ0) is 21.5. The van der Waals surface area contributed by atoms with Crippen LogP contribution >= 0.6 is 0 Å². The molecule has 0 spiro atoms. The molecule has 0 unspecified atom stereocenters. The Kier molecular flexibility index (Phi) is 6.95. The van der Waals surface area contributed by atoms with Gasteiger partial charge in [-0.3, -0.25) is 9.78 Å². The third-order valence-corrected chi connectivity index (χ3v) is 5.89. The van der Waals surface area contributed by atoms with Gasteiger partial charge in [-0.15, -0.1) is 0 Å². The fourth-order valence-electron chi connectivity index (χ4n) is 4.10. The topological polar surface area (TPSA) is 54.5 Å². The highest BCUT2D eigenvalue weighted by Crippen LogP contribution is 2.24. The summed E-state index contributed by atoms with van der Waals surface area (Å²) in [6.07, 6.45) is 6.94. The first kappa shape index (κ1) is 21.1. The van der Waals surface area contributed by atoms with Crippen LogP contribution in [0.4, 0.5) is 0 Å². The van der Waals surface area contributed by atoms with Crippen LogP contribution in [0.5, 0.6) is 5.75 Å². The van der Waals surface area contributed by atoms with E-state index in [0.29, 0.717) is 5.56 Å². The maximum atomic E-state index is 13.1. The van der Waals surface area contributed by atoms with Gasteiger partial charge in [0.05, 0.1) is 13.2 Å². The van der Waals surface area contributed by atoms with Crippen LogP contribution in [0.25, 0.3) is 11.1 Å². The number of carbonyl (C=O) groups excluding carboxylic acids is 1. The van der Waals surface area contributed by atoms with Crippen molar-refractivity contribution in [3.63, 3.8) is 0 Å². The van der Waals surface area contributed by atoms with Gasteiger partial charge in [-0.2, -0.15) is 0 Å². The second kappa shape index (κ2) is 10.2. The van der Waals surface area contributed by atoms with Gasteiger partial charge in [0, 0.05) is 24.5 Å². The van der Waals surface area contributed by atoms with Gasteiger partial charge in [-0.05, 0) is 85.4 Å². The summed E-state index contributed by atoms with van der Waals surface area (Å²) in [5, 5.41) is 3.25. The van der Waals surface area contributed by atoms with E-state index in [-0.39, 0.29) is 11.9 Å². The first-order chi connectivity index (χ1) is 15.2. The lowest BCUT2D eigenvalue weighted by Gasteiger charge is -2.23. The number of hydrogen-bond donors (Lipinski definition) is 1. The summed E-state index contributed by atoms with van der Waals surface area (Å²) in [6.45, 7) is 3.27. The van der Waals surface area contributed by atoms with E-state index < -0.39 is 0 Å². The molecule has 5 heteroatoms. The number of amides is 1. The second-order valence-electron chi connectivity index (χ2n) is 7.95. The first-order valence-corrected chi connectivity index (χ1v) is 10.9. The number of aromatic nitrogens is 1. The zero-order valence-corrected chi connectivity index (χ0v) is 18.0. The molecule has 31 heavy (non-hydrogen) atoms. The summed E-state index contributed by atoms with van der Waals surface area (Å²) in [6, 6.07) is 19.6. The molecule has 0 radical (unpaired) electrons. The molecule has 1 amide bonds. The number of nitrogens with one attached hydrogen (secondary N) is 1. The maximum Gasteiger partial charge on any atom is 0.251 e. The Morgan fingerprint density at radius 3 is 2.45 bits per heavy atom. The first-order valence-electron chi connectivity index (χ1n) is 10.9. The third kappa shape index (κ3) is 5.50. The van der Waals surface area contributed by atoms with Gasteiger partial charge < -0.3 is 15.0 Å². The molecule has 160 valence electrons. The maximum absolute atomic E-state index is 13.1. The molecule has 5 nitrogen and oxygen atoms in total. The lowest BCUT2D eigenvalue weighted by atomic mass is 10.0. The molecule has 1 aromatic heterocycles. The number of ether oxygens (including phenoxy) is 1. The van der Waals surface area contributed by atoms with Crippen LogP contribution in [0.2, 0.25) is 0 Å². The van der Waals surface area contributed by atoms with Crippen molar-refractivity contribution in [1.82, 2.24) is 15.2 Å². The lowest BCUT2D eigenvalue weighted by molar-refractivity contribution is 0.0932. The molecule has 1 saturated heterocycles. The van der Waals surface area contributed by atoms with E-state index in [0.717, 1.165) is 48.5 Å². The number of hydrogen-bond acceptors (Lipinski definition) is 4. The van der Waals surface area contributed by atoms with Gasteiger partial charge in [0.2, 0.25) is 0 Å². The summed E-state index contributed by atoms with van der Waals surface area (Å²) < 4.78 is 5.40. The molecule has 0 aliphatic carbocycles. The quantitative estimate of drug-likeness (QED) is 0.579. The highest BCUT2D eigenvalue weighted by Gasteiger charge is 2.19. The number of likely N-dealkylation sites (tertiary alicyclic amines) is 1. The van der Waals surface area contributed by atoms with Crippen LogP contribution in [-0.2, 0) is 0 Å². The van der Waals surface area contributed by atoms with E-state index in [1.54, 1.807) is 19.5 Å². The number of pyridine rings is 1. The number of nitrogens with zero attached hydrogens (tertiary/aromatic N) is 2. The Hall–Kier alpha value is -3.18. The van der Waals surface area contributed by atoms with Gasteiger partial charge in [-0.25, -0.2) is 0 Å². The summed E-state index contributed by atoms with van der Waals surface area (Å²) in [7, 11) is 1.67. The number of rotatable bonds is 8.